The molecule has 0 aliphatic carbocycles. The smallest absolute Gasteiger partial charge is 0.307 e. The van der Waals surface area contributed by atoms with Gasteiger partial charge in [-0.05, 0) is 50.6 Å². The number of hydrogen-bond acceptors (Lipinski definition) is 5. The monoisotopic (exact) mass is 334 g/mol. The Hall–Kier alpha value is -1.79. The summed E-state index contributed by atoms with van der Waals surface area (Å²) in [5.74, 6) is 0.406. The van der Waals surface area contributed by atoms with Crippen LogP contribution in [0.15, 0.2) is 18.2 Å². The van der Waals surface area contributed by atoms with Crippen LogP contribution in [0.1, 0.15) is 30.9 Å². The van der Waals surface area contributed by atoms with E-state index < -0.39 is 5.97 Å². The molecule has 0 bridgehead atoms. The lowest BCUT2D eigenvalue weighted by Gasteiger charge is -2.30. The van der Waals surface area contributed by atoms with Gasteiger partial charge in [0.15, 0.2) is 11.5 Å². The van der Waals surface area contributed by atoms with Crippen molar-refractivity contribution in [1.29, 1.82) is 0 Å². The van der Waals surface area contributed by atoms with E-state index in [0.29, 0.717) is 18.7 Å². The molecule has 0 radical (unpaired) electrons. The molecule has 2 aliphatic rings. The number of nitrogens with one attached hydrogen (secondary N) is 1. The van der Waals surface area contributed by atoms with Gasteiger partial charge in [0.05, 0.1) is 13.0 Å². The average molecular weight is 334 g/mol. The molecule has 2 aliphatic heterocycles. The molecule has 2 saturated heterocycles. The molecule has 3 unspecified atom stereocenters. The van der Waals surface area contributed by atoms with Crippen molar-refractivity contribution in [2.24, 2.45) is 5.92 Å². The molecule has 1 aromatic carbocycles. The van der Waals surface area contributed by atoms with Gasteiger partial charge in [-0.15, -0.1) is 0 Å². The number of piperidine rings is 1. The molecule has 0 saturated carbocycles. The van der Waals surface area contributed by atoms with E-state index in [4.69, 9.17) is 14.6 Å². The Kier molecular flexibility index (Phi) is 5.26. The highest BCUT2D eigenvalue weighted by Crippen LogP contribution is 2.35. The van der Waals surface area contributed by atoms with Crippen LogP contribution in [0.3, 0.4) is 0 Å². The Labute approximate surface area is 142 Å². The number of ether oxygens (including phenoxy) is 2. The number of rotatable bonds is 5. The van der Waals surface area contributed by atoms with Crippen molar-refractivity contribution in [2.75, 3.05) is 33.8 Å². The summed E-state index contributed by atoms with van der Waals surface area (Å²) in [5, 5.41) is 12.4. The summed E-state index contributed by atoms with van der Waals surface area (Å²) in [6.45, 7) is 2.55. The van der Waals surface area contributed by atoms with Gasteiger partial charge < -0.3 is 24.8 Å². The van der Waals surface area contributed by atoms with Gasteiger partial charge in [-0.1, -0.05) is 6.07 Å². The number of benzene rings is 1. The highest BCUT2D eigenvalue weighted by Gasteiger charge is 2.30. The van der Waals surface area contributed by atoms with Crippen molar-refractivity contribution in [2.45, 2.75) is 31.4 Å². The lowest BCUT2D eigenvalue weighted by Crippen LogP contribution is -2.38. The molecule has 0 spiro atoms. The Morgan fingerprint density at radius 3 is 2.88 bits per heavy atom. The van der Waals surface area contributed by atoms with Crippen LogP contribution in [0.4, 0.5) is 0 Å². The third-order valence-electron chi connectivity index (χ3n) is 4.95. The fraction of sp³-hybridized carbons (Fsp3) is 0.611. The molecule has 3 rings (SSSR count). The molecule has 2 fully saturated rings. The largest absolute Gasteiger partial charge is 0.493 e. The van der Waals surface area contributed by atoms with E-state index in [1.807, 2.05) is 18.2 Å². The van der Waals surface area contributed by atoms with E-state index in [1.165, 1.54) is 0 Å². The van der Waals surface area contributed by atoms with E-state index in [2.05, 4.69) is 17.3 Å². The van der Waals surface area contributed by atoms with Crippen LogP contribution >= 0.6 is 0 Å². The Bertz CT molecular complexity index is 592. The summed E-state index contributed by atoms with van der Waals surface area (Å²) in [4.78, 5) is 13.4. The first-order valence-electron chi connectivity index (χ1n) is 8.56. The standard InChI is InChI=1S/C18H26N2O4/c1-20-7-3-4-14(11-20)24-16-6-5-12(9-17(16)23-2)15-8-13(10-19-15)18(21)22/h5-6,9,13-15,19H,3-4,7-8,10-11H2,1-2H3,(H,21,22). The van der Waals surface area contributed by atoms with Crippen LogP contribution in [-0.2, 0) is 4.79 Å². The second-order valence-electron chi connectivity index (χ2n) is 6.79. The van der Waals surface area contributed by atoms with Crippen molar-refractivity contribution in [3.63, 3.8) is 0 Å². The first kappa shape index (κ1) is 17.0. The van der Waals surface area contributed by atoms with Crippen LogP contribution in [0.2, 0.25) is 0 Å². The van der Waals surface area contributed by atoms with Gasteiger partial charge in [0.2, 0.25) is 0 Å². The third kappa shape index (κ3) is 3.82. The Balaban J connectivity index is 1.70. The van der Waals surface area contributed by atoms with Crippen molar-refractivity contribution in [3.05, 3.63) is 23.8 Å². The molecule has 0 amide bonds. The predicted octanol–water partition coefficient (Wildman–Crippen LogP) is 1.90. The highest BCUT2D eigenvalue weighted by molar-refractivity contribution is 5.70. The molecule has 6 nitrogen and oxygen atoms in total. The van der Waals surface area contributed by atoms with Crippen LogP contribution in [-0.4, -0.2) is 55.9 Å². The summed E-state index contributed by atoms with van der Waals surface area (Å²) >= 11 is 0. The van der Waals surface area contributed by atoms with Crippen LogP contribution in [0.5, 0.6) is 11.5 Å². The molecule has 2 N–H and O–H groups in total. The van der Waals surface area contributed by atoms with Gasteiger partial charge in [-0.2, -0.15) is 0 Å². The third-order valence-corrected chi connectivity index (χ3v) is 4.95. The molecule has 3 atom stereocenters. The van der Waals surface area contributed by atoms with E-state index in [-0.39, 0.29) is 18.1 Å². The number of aliphatic carboxylic acids is 1. The zero-order valence-electron chi connectivity index (χ0n) is 14.3. The van der Waals surface area contributed by atoms with Crippen LogP contribution in [0.25, 0.3) is 0 Å². The molecular formula is C18H26N2O4. The van der Waals surface area contributed by atoms with Crippen LogP contribution < -0.4 is 14.8 Å². The Morgan fingerprint density at radius 2 is 2.21 bits per heavy atom. The molecule has 1 aromatic rings. The lowest BCUT2D eigenvalue weighted by molar-refractivity contribution is -0.141. The summed E-state index contributed by atoms with van der Waals surface area (Å²) in [6, 6.07) is 5.96. The van der Waals surface area contributed by atoms with Gasteiger partial charge in [0.25, 0.3) is 0 Å². The van der Waals surface area contributed by atoms with E-state index >= 15 is 0 Å². The minimum Gasteiger partial charge on any atom is -0.493 e. The van der Waals surface area contributed by atoms with Gasteiger partial charge in [0, 0.05) is 19.1 Å². The number of likely N-dealkylation sites (N-methyl/N-ethyl adjacent to an activating group) is 1. The molecular weight excluding hydrogens is 308 g/mol. The van der Waals surface area contributed by atoms with E-state index in [1.54, 1.807) is 7.11 Å². The fourth-order valence-corrected chi connectivity index (χ4v) is 3.57. The first-order chi connectivity index (χ1) is 11.6. The normalized spacial score (nSPS) is 27.8. The zero-order valence-corrected chi connectivity index (χ0v) is 14.3. The van der Waals surface area contributed by atoms with Gasteiger partial charge in [0.1, 0.15) is 6.10 Å². The second-order valence-corrected chi connectivity index (χ2v) is 6.79. The van der Waals surface area contributed by atoms with Crippen molar-refractivity contribution in [1.82, 2.24) is 10.2 Å². The second kappa shape index (κ2) is 7.40. The summed E-state index contributed by atoms with van der Waals surface area (Å²) in [7, 11) is 3.75. The zero-order chi connectivity index (χ0) is 17.1. The number of carbonyl (C=O) groups is 1. The summed E-state index contributed by atoms with van der Waals surface area (Å²) in [6.07, 6.45) is 2.99. The molecule has 24 heavy (non-hydrogen) atoms. The molecule has 132 valence electrons. The lowest BCUT2D eigenvalue weighted by atomic mass is 10.00. The molecule has 2 heterocycles. The maximum absolute atomic E-state index is 11.1. The summed E-state index contributed by atoms with van der Waals surface area (Å²) in [5.41, 5.74) is 1.05. The first-order valence-corrected chi connectivity index (χ1v) is 8.56. The van der Waals surface area contributed by atoms with Crippen molar-refractivity contribution in [3.8, 4) is 11.5 Å². The topological polar surface area (TPSA) is 71.0 Å². The number of carboxylic acids is 1. The van der Waals surface area contributed by atoms with E-state index in [9.17, 15) is 4.79 Å². The maximum atomic E-state index is 11.1. The van der Waals surface area contributed by atoms with Gasteiger partial charge in [-0.3, -0.25) is 4.79 Å². The quantitative estimate of drug-likeness (QED) is 0.857. The van der Waals surface area contributed by atoms with Gasteiger partial charge in [-0.25, -0.2) is 0 Å². The van der Waals surface area contributed by atoms with E-state index in [0.717, 1.165) is 37.2 Å². The maximum Gasteiger partial charge on any atom is 0.307 e. The number of nitrogens with zero attached hydrogens (tertiary/aromatic N) is 1. The fourth-order valence-electron chi connectivity index (χ4n) is 3.57. The minimum absolute atomic E-state index is 0.0508. The number of hydrogen-bond donors (Lipinski definition) is 2. The number of carboxylic acid groups (broad SMARTS) is 1. The summed E-state index contributed by atoms with van der Waals surface area (Å²) < 4.78 is 11.6. The minimum atomic E-state index is -0.738. The van der Waals surface area contributed by atoms with Crippen LogP contribution in [0, 0.1) is 5.92 Å². The highest BCUT2D eigenvalue weighted by atomic mass is 16.5. The van der Waals surface area contributed by atoms with Gasteiger partial charge >= 0.3 is 5.97 Å². The molecule has 0 aromatic heterocycles. The van der Waals surface area contributed by atoms with Crippen molar-refractivity contribution >= 4 is 5.97 Å². The number of methoxy groups -OCH3 is 1. The Morgan fingerprint density at radius 1 is 1.38 bits per heavy atom. The van der Waals surface area contributed by atoms with Crippen molar-refractivity contribution < 1.29 is 19.4 Å². The average Bonchev–Trinajstić information content (AvgIpc) is 3.05. The molecule has 6 heteroatoms. The SMILES string of the molecule is COc1cc(C2CC(C(=O)O)CN2)ccc1OC1CCCN(C)C1. The predicted molar refractivity (Wildman–Crippen MR) is 90.6 cm³/mol. The number of likely N-dealkylation sites (tertiary alicyclic amines) is 1.